The highest BCUT2D eigenvalue weighted by molar-refractivity contribution is 5.21. The second-order valence-corrected chi connectivity index (χ2v) is 5.14. The molecule has 6 nitrogen and oxygen atoms in total. The molecule has 1 unspecified atom stereocenters. The van der Waals surface area contributed by atoms with E-state index in [1.807, 2.05) is 6.92 Å². The summed E-state index contributed by atoms with van der Waals surface area (Å²) in [6, 6.07) is 0. The third kappa shape index (κ3) is 2.86. The molecule has 1 aromatic rings. The first-order valence-corrected chi connectivity index (χ1v) is 6.73. The molecule has 1 N–H and O–H groups in total. The maximum absolute atomic E-state index is 11.8. The molecule has 3 rings (SSSR count). The zero-order valence-electron chi connectivity index (χ0n) is 11.1. The number of ether oxygens (including phenoxy) is 2. The van der Waals surface area contributed by atoms with Gasteiger partial charge in [-0.1, -0.05) is 0 Å². The summed E-state index contributed by atoms with van der Waals surface area (Å²) in [7, 11) is 0. The highest BCUT2D eigenvalue weighted by Crippen LogP contribution is 2.18. The predicted molar refractivity (Wildman–Crippen MR) is 68.9 cm³/mol. The lowest BCUT2D eigenvalue weighted by Gasteiger charge is -2.24. The van der Waals surface area contributed by atoms with Crippen LogP contribution in [0.25, 0.3) is 0 Å². The second kappa shape index (κ2) is 5.40. The molecule has 0 aromatic carbocycles. The number of fused-ring (bicyclic) bond motifs is 1. The SMILES string of the molecule is Cc1nc2c(c(=O)[nH]1)CN(CCC1COCCO1)C2. The van der Waals surface area contributed by atoms with Crippen LogP contribution in [0, 0.1) is 6.92 Å². The Morgan fingerprint density at radius 3 is 3.11 bits per heavy atom. The van der Waals surface area contributed by atoms with Gasteiger partial charge in [0.2, 0.25) is 0 Å². The fraction of sp³-hybridized carbons (Fsp3) is 0.692. The zero-order valence-corrected chi connectivity index (χ0v) is 11.1. The van der Waals surface area contributed by atoms with E-state index >= 15 is 0 Å². The Morgan fingerprint density at radius 1 is 1.42 bits per heavy atom. The molecular weight excluding hydrogens is 246 g/mol. The maximum Gasteiger partial charge on any atom is 0.255 e. The summed E-state index contributed by atoms with van der Waals surface area (Å²) in [5, 5.41) is 0. The van der Waals surface area contributed by atoms with E-state index in [-0.39, 0.29) is 11.7 Å². The third-order valence-electron chi connectivity index (χ3n) is 3.63. The molecular formula is C13H19N3O3. The van der Waals surface area contributed by atoms with Crippen molar-refractivity contribution in [3.63, 3.8) is 0 Å². The maximum atomic E-state index is 11.8. The van der Waals surface area contributed by atoms with Crippen LogP contribution in [0.4, 0.5) is 0 Å². The zero-order chi connectivity index (χ0) is 13.2. The van der Waals surface area contributed by atoms with E-state index < -0.39 is 0 Å². The normalized spacial score (nSPS) is 23.5. The predicted octanol–water partition coefficient (Wildman–Crippen LogP) is 0.199. The number of H-pyrrole nitrogens is 1. The van der Waals surface area contributed by atoms with Gasteiger partial charge < -0.3 is 14.5 Å². The molecule has 2 aliphatic heterocycles. The van der Waals surface area contributed by atoms with Crippen LogP contribution >= 0.6 is 0 Å². The summed E-state index contributed by atoms with van der Waals surface area (Å²) in [4.78, 5) is 21.2. The first-order chi connectivity index (χ1) is 9.22. The van der Waals surface area contributed by atoms with Crippen molar-refractivity contribution in [2.24, 2.45) is 0 Å². The molecule has 0 radical (unpaired) electrons. The van der Waals surface area contributed by atoms with Crippen LogP contribution < -0.4 is 5.56 Å². The quantitative estimate of drug-likeness (QED) is 0.845. The van der Waals surface area contributed by atoms with Crippen LogP contribution in [0.15, 0.2) is 4.79 Å². The third-order valence-corrected chi connectivity index (χ3v) is 3.63. The number of nitrogens with zero attached hydrogens (tertiary/aromatic N) is 2. The first-order valence-electron chi connectivity index (χ1n) is 6.73. The average Bonchev–Trinajstić information content (AvgIpc) is 2.81. The molecule has 0 spiro atoms. The molecule has 1 saturated heterocycles. The molecule has 104 valence electrons. The van der Waals surface area contributed by atoms with Crippen LogP contribution in [-0.2, 0) is 22.6 Å². The standard InChI is InChI=1S/C13H19N3O3/c1-9-14-12-7-16(6-11(12)13(17)15-9)3-2-10-8-18-4-5-19-10/h10H,2-8H2,1H3,(H,14,15,17). The summed E-state index contributed by atoms with van der Waals surface area (Å²) in [6.45, 7) is 6.23. The lowest BCUT2D eigenvalue weighted by Crippen LogP contribution is -2.32. The number of hydrogen-bond donors (Lipinski definition) is 1. The van der Waals surface area contributed by atoms with Gasteiger partial charge in [0.1, 0.15) is 5.82 Å². The number of aryl methyl sites for hydroxylation is 1. The Hall–Kier alpha value is -1.24. The van der Waals surface area contributed by atoms with Crippen molar-refractivity contribution in [2.45, 2.75) is 32.5 Å². The highest BCUT2D eigenvalue weighted by Gasteiger charge is 2.24. The molecule has 0 aliphatic carbocycles. The molecule has 1 atom stereocenters. The van der Waals surface area contributed by atoms with Crippen LogP contribution in [0.3, 0.4) is 0 Å². The van der Waals surface area contributed by atoms with Crippen LogP contribution in [0.1, 0.15) is 23.5 Å². The summed E-state index contributed by atoms with van der Waals surface area (Å²) in [5.74, 6) is 0.689. The summed E-state index contributed by atoms with van der Waals surface area (Å²) in [5.41, 5.74) is 1.73. The van der Waals surface area contributed by atoms with Crippen molar-refractivity contribution in [3.05, 3.63) is 27.4 Å². The van der Waals surface area contributed by atoms with Gasteiger partial charge in [-0.25, -0.2) is 4.98 Å². The molecule has 0 amide bonds. The van der Waals surface area contributed by atoms with E-state index in [4.69, 9.17) is 9.47 Å². The number of rotatable bonds is 3. The Morgan fingerprint density at radius 2 is 2.32 bits per heavy atom. The minimum atomic E-state index is 0.00208. The van der Waals surface area contributed by atoms with Gasteiger partial charge in [-0.15, -0.1) is 0 Å². The van der Waals surface area contributed by atoms with E-state index in [1.165, 1.54) is 0 Å². The van der Waals surface area contributed by atoms with Gasteiger partial charge in [-0.2, -0.15) is 0 Å². The number of nitrogens with one attached hydrogen (secondary N) is 1. The molecule has 1 aromatic heterocycles. The van der Waals surface area contributed by atoms with Crippen molar-refractivity contribution in [3.8, 4) is 0 Å². The lowest BCUT2D eigenvalue weighted by atomic mass is 10.2. The van der Waals surface area contributed by atoms with Gasteiger partial charge in [-0.3, -0.25) is 9.69 Å². The fourth-order valence-electron chi connectivity index (χ4n) is 2.64. The largest absolute Gasteiger partial charge is 0.376 e. The van der Waals surface area contributed by atoms with Crippen molar-refractivity contribution in [1.82, 2.24) is 14.9 Å². The van der Waals surface area contributed by atoms with E-state index in [0.29, 0.717) is 32.2 Å². The minimum absolute atomic E-state index is 0.00208. The van der Waals surface area contributed by atoms with E-state index in [2.05, 4.69) is 14.9 Å². The Balaban J connectivity index is 1.58. The molecule has 6 heteroatoms. The first kappa shape index (κ1) is 12.8. The average molecular weight is 265 g/mol. The van der Waals surface area contributed by atoms with Crippen molar-refractivity contribution in [2.75, 3.05) is 26.4 Å². The van der Waals surface area contributed by atoms with E-state index in [0.717, 1.165) is 30.8 Å². The smallest absolute Gasteiger partial charge is 0.255 e. The van der Waals surface area contributed by atoms with Gasteiger partial charge >= 0.3 is 0 Å². The van der Waals surface area contributed by atoms with Gasteiger partial charge in [-0.05, 0) is 13.3 Å². The van der Waals surface area contributed by atoms with Gasteiger partial charge in [0, 0.05) is 19.6 Å². The molecule has 1 fully saturated rings. The summed E-state index contributed by atoms with van der Waals surface area (Å²) < 4.78 is 11.0. The van der Waals surface area contributed by atoms with Gasteiger partial charge in [0.25, 0.3) is 5.56 Å². The number of aromatic amines is 1. The van der Waals surface area contributed by atoms with Crippen molar-refractivity contribution in [1.29, 1.82) is 0 Å². The molecule has 19 heavy (non-hydrogen) atoms. The van der Waals surface area contributed by atoms with E-state index in [9.17, 15) is 4.79 Å². The fourth-order valence-corrected chi connectivity index (χ4v) is 2.64. The van der Waals surface area contributed by atoms with Crippen LogP contribution in [-0.4, -0.2) is 47.3 Å². The second-order valence-electron chi connectivity index (χ2n) is 5.14. The number of aromatic nitrogens is 2. The topological polar surface area (TPSA) is 67.5 Å². The van der Waals surface area contributed by atoms with Gasteiger partial charge in [0.15, 0.2) is 0 Å². The minimum Gasteiger partial charge on any atom is -0.376 e. The Labute approximate surface area is 111 Å². The molecule has 2 aliphatic rings. The monoisotopic (exact) mass is 265 g/mol. The molecule has 0 saturated carbocycles. The lowest BCUT2D eigenvalue weighted by molar-refractivity contribution is -0.0928. The molecule has 3 heterocycles. The van der Waals surface area contributed by atoms with Crippen molar-refractivity contribution >= 4 is 0 Å². The highest BCUT2D eigenvalue weighted by atomic mass is 16.6. The van der Waals surface area contributed by atoms with Gasteiger partial charge in [0.05, 0.1) is 37.2 Å². The molecule has 0 bridgehead atoms. The number of hydrogen-bond acceptors (Lipinski definition) is 5. The Bertz CT molecular complexity index is 508. The summed E-state index contributed by atoms with van der Waals surface area (Å²) in [6.07, 6.45) is 1.12. The van der Waals surface area contributed by atoms with Crippen LogP contribution in [0.2, 0.25) is 0 Å². The summed E-state index contributed by atoms with van der Waals surface area (Å²) >= 11 is 0. The van der Waals surface area contributed by atoms with Crippen molar-refractivity contribution < 1.29 is 9.47 Å². The Kier molecular flexibility index (Phi) is 3.63. The van der Waals surface area contributed by atoms with E-state index in [1.54, 1.807) is 0 Å². The van der Waals surface area contributed by atoms with Crippen LogP contribution in [0.5, 0.6) is 0 Å².